The zero-order valence-electron chi connectivity index (χ0n) is 23.2. The molecule has 0 aromatic heterocycles. The van der Waals surface area contributed by atoms with Gasteiger partial charge in [-0.3, -0.25) is 19.3 Å². The molecule has 1 heterocycles. The molecule has 0 saturated carbocycles. The van der Waals surface area contributed by atoms with Gasteiger partial charge in [0, 0.05) is 23.6 Å². The van der Waals surface area contributed by atoms with Gasteiger partial charge >= 0.3 is 5.97 Å². The summed E-state index contributed by atoms with van der Waals surface area (Å²) in [6.45, 7) is 3.29. The Morgan fingerprint density at radius 3 is 1.85 bits per heavy atom. The van der Waals surface area contributed by atoms with Crippen molar-refractivity contribution in [2.24, 2.45) is 17.8 Å². The Bertz CT molecular complexity index is 1430. The zero-order valence-corrected chi connectivity index (χ0v) is 23.2. The van der Waals surface area contributed by atoms with Crippen molar-refractivity contribution in [1.29, 1.82) is 0 Å². The molecular formula is C33H32N2O6. The second kappa shape index (κ2) is 10.5. The lowest BCUT2D eigenvalue weighted by molar-refractivity contribution is -0.160. The Kier molecular flexibility index (Phi) is 6.85. The smallest absolute Gasteiger partial charge is 0.329 e. The number of amides is 3. The standard InChI is InChI=1S/C33H32N2O6/c1-18(2)15-25(33(39)41-17-26(36)34-19-9-8-10-20(16-19)40-3)35-31(37)29-27-21-11-4-5-12-22(21)28(30(29)32(35)38)24-14-7-6-13-23(24)27/h4-14,16,18,25,27-30H,15,17H2,1-3H3,(H,34,36)/t25-,27?,28?,29+,30+/m0/s1. The van der Waals surface area contributed by atoms with Crippen LogP contribution in [0.5, 0.6) is 5.75 Å². The highest BCUT2D eigenvalue weighted by atomic mass is 16.5. The molecule has 3 aromatic rings. The fourth-order valence-electron chi connectivity index (χ4n) is 6.89. The average molecular weight is 553 g/mol. The number of methoxy groups -OCH3 is 1. The Hall–Kier alpha value is -4.46. The van der Waals surface area contributed by atoms with Crippen LogP contribution in [0, 0.1) is 17.8 Å². The van der Waals surface area contributed by atoms with Crippen molar-refractivity contribution in [3.8, 4) is 5.75 Å². The molecule has 3 amide bonds. The molecule has 1 fully saturated rings. The molecule has 41 heavy (non-hydrogen) atoms. The van der Waals surface area contributed by atoms with E-state index in [0.717, 1.165) is 27.2 Å². The number of hydrogen-bond acceptors (Lipinski definition) is 6. The average Bonchev–Trinajstić information content (AvgIpc) is 3.24. The largest absolute Gasteiger partial charge is 0.497 e. The van der Waals surface area contributed by atoms with Gasteiger partial charge in [0.1, 0.15) is 11.8 Å². The normalized spacial score (nSPS) is 22.6. The third kappa shape index (κ3) is 4.47. The van der Waals surface area contributed by atoms with Gasteiger partial charge in [0.05, 0.1) is 18.9 Å². The van der Waals surface area contributed by atoms with E-state index >= 15 is 0 Å². The van der Waals surface area contributed by atoms with E-state index in [2.05, 4.69) is 5.32 Å². The molecule has 0 unspecified atom stereocenters. The monoisotopic (exact) mass is 552 g/mol. The second-order valence-corrected chi connectivity index (χ2v) is 11.3. The van der Waals surface area contributed by atoms with Crippen molar-refractivity contribution in [1.82, 2.24) is 4.90 Å². The van der Waals surface area contributed by atoms with Crippen molar-refractivity contribution in [2.45, 2.75) is 38.1 Å². The van der Waals surface area contributed by atoms with E-state index in [-0.39, 0.29) is 36.0 Å². The van der Waals surface area contributed by atoms with Crippen molar-refractivity contribution in [3.05, 3.63) is 95.1 Å². The summed E-state index contributed by atoms with van der Waals surface area (Å²) in [4.78, 5) is 55.5. The van der Waals surface area contributed by atoms with Gasteiger partial charge in [0.15, 0.2) is 6.61 Å². The number of nitrogens with zero attached hydrogens (tertiary/aromatic N) is 1. The Labute approximate surface area is 238 Å². The van der Waals surface area contributed by atoms with Crippen LogP contribution in [0.15, 0.2) is 72.8 Å². The van der Waals surface area contributed by atoms with Crippen LogP contribution in [0.4, 0.5) is 5.69 Å². The van der Waals surface area contributed by atoms with Gasteiger partial charge in [-0.1, -0.05) is 68.4 Å². The summed E-state index contributed by atoms with van der Waals surface area (Å²) >= 11 is 0. The highest BCUT2D eigenvalue weighted by molar-refractivity contribution is 6.10. The van der Waals surface area contributed by atoms with Crippen molar-refractivity contribution < 1.29 is 28.7 Å². The Balaban J connectivity index is 1.26. The number of ether oxygens (including phenoxy) is 2. The fraction of sp³-hybridized carbons (Fsp3) is 0.333. The lowest BCUT2D eigenvalue weighted by Gasteiger charge is -2.45. The summed E-state index contributed by atoms with van der Waals surface area (Å²) in [6.07, 6.45) is 0.239. The number of hydrogen-bond donors (Lipinski definition) is 1. The first-order valence-corrected chi connectivity index (χ1v) is 13.9. The highest BCUT2D eigenvalue weighted by Gasteiger charge is 2.63. The molecule has 0 radical (unpaired) electrons. The minimum atomic E-state index is -1.11. The molecule has 4 aliphatic rings. The number of rotatable bonds is 8. The van der Waals surface area contributed by atoms with Gasteiger partial charge in [-0.05, 0) is 46.7 Å². The van der Waals surface area contributed by atoms with E-state index in [1.807, 2.05) is 62.4 Å². The van der Waals surface area contributed by atoms with Crippen molar-refractivity contribution in [3.63, 3.8) is 0 Å². The summed E-state index contributed by atoms with van der Waals surface area (Å²) in [5, 5.41) is 2.68. The van der Waals surface area contributed by atoms with E-state index in [4.69, 9.17) is 9.47 Å². The SMILES string of the molecule is COc1cccc(NC(=O)COC(=O)[C@H](CC(C)C)N2C(=O)[C@@H]3C4c5ccccc5C(c5ccccc54)[C@H]3C2=O)c1. The van der Waals surface area contributed by atoms with Crippen LogP contribution in [0.2, 0.25) is 0 Å². The van der Waals surface area contributed by atoms with Gasteiger partial charge in [-0.15, -0.1) is 0 Å². The molecular weight excluding hydrogens is 520 g/mol. The Morgan fingerprint density at radius 2 is 1.37 bits per heavy atom. The van der Waals surface area contributed by atoms with Crippen LogP contribution >= 0.6 is 0 Å². The van der Waals surface area contributed by atoms with Crippen LogP contribution in [0.3, 0.4) is 0 Å². The summed E-state index contributed by atoms with van der Waals surface area (Å²) in [6, 6.07) is 21.7. The molecule has 8 nitrogen and oxygen atoms in total. The van der Waals surface area contributed by atoms with Crippen LogP contribution in [0.25, 0.3) is 0 Å². The number of anilines is 1. The molecule has 8 heteroatoms. The fourth-order valence-corrected chi connectivity index (χ4v) is 6.89. The van der Waals surface area contributed by atoms with Gasteiger partial charge in [-0.25, -0.2) is 4.79 Å². The predicted octanol–water partition coefficient (Wildman–Crippen LogP) is 4.48. The lowest BCUT2D eigenvalue weighted by Crippen LogP contribution is -2.47. The molecule has 2 bridgehead atoms. The third-order valence-electron chi connectivity index (χ3n) is 8.46. The molecule has 1 N–H and O–H groups in total. The maximum absolute atomic E-state index is 14.1. The van der Waals surface area contributed by atoms with E-state index < -0.39 is 36.4 Å². The summed E-state index contributed by atoms with van der Waals surface area (Å²) in [5.41, 5.74) is 4.76. The quantitative estimate of drug-likeness (QED) is 0.327. The Morgan fingerprint density at radius 1 is 0.829 bits per heavy atom. The van der Waals surface area contributed by atoms with E-state index in [1.165, 1.54) is 7.11 Å². The number of likely N-dealkylation sites (tertiary alicyclic amines) is 1. The number of esters is 1. The highest BCUT2D eigenvalue weighted by Crippen LogP contribution is 2.61. The number of benzene rings is 3. The first kappa shape index (κ1) is 26.7. The molecule has 210 valence electrons. The molecule has 7 rings (SSSR count). The van der Waals surface area contributed by atoms with Gasteiger partial charge in [-0.2, -0.15) is 0 Å². The summed E-state index contributed by atoms with van der Waals surface area (Å²) in [5.74, 6) is -3.12. The summed E-state index contributed by atoms with van der Waals surface area (Å²) in [7, 11) is 1.53. The minimum Gasteiger partial charge on any atom is -0.497 e. The van der Waals surface area contributed by atoms with Crippen molar-refractivity contribution >= 4 is 29.4 Å². The number of carbonyl (C=O) groups is 4. The van der Waals surface area contributed by atoms with Crippen LogP contribution in [0.1, 0.15) is 54.4 Å². The maximum atomic E-state index is 14.1. The van der Waals surface area contributed by atoms with Gasteiger partial charge < -0.3 is 14.8 Å². The van der Waals surface area contributed by atoms with Crippen LogP contribution in [-0.2, 0) is 23.9 Å². The number of imide groups is 1. The maximum Gasteiger partial charge on any atom is 0.329 e. The van der Waals surface area contributed by atoms with Crippen molar-refractivity contribution in [2.75, 3.05) is 19.0 Å². The first-order valence-electron chi connectivity index (χ1n) is 13.9. The lowest BCUT2D eigenvalue weighted by atomic mass is 9.55. The minimum absolute atomic E-state index is 0.00694. The first-order chi connectivity index (χ1) is 19.8. The number of carbonyl (C=O) groups excluding carboxylic acids is 4. The topological polar surface area (TPSA) is 102 Å². The summed E-state index contributed by atoms with van der Waals surface area (Å²) < 4.78 is 10.6. The van der Waals surface area contributed by atoms with Gasteiger partial charge in [0.2, 0.25) is 11.8 Å². The second-order valence-electron chi connectivity index (χ2n) is 11.3. The molecule has 1 aliphatic heterocycles. The number of nitrogens with one attached hydrogen (secondary N) is 1. The van der Waals surface area contributed by atoms with Gasteiger partial charge in [0.25, 0.3) is 5.91 Å². The van der Waals surface area contributed by atoms with Crippen LogP contribution < -0.4 is 10.1 Å². The van der Waals surface area contributed by atoms with E-state index in [0.29, 0.717) is 11.4 Å². The van der Waals surface area contributed by atoms with Crippen LogP contribution in [-0.4, -0.2) is 48.3 Å². The van der Waals surface area contributed by atoms with E-state index in [1.54, 1.807) is 24.3 Å². The molecule has 3 atom stereocenters. The predicted molar refractivity (Wildman–Crippen MR) is 151 cm³/mol. The molecule has 1 saturated heterocycles. The molecule has 3 aliphatic carbocycles. The molecule has 0 spiro atoms. The van der Waals surface area contributed by atoms with E-state index in [9.17, 15) is 19.2 Å². The third-order valence-corrected chi connectivity index (χ3v) is 8.46. The zero-order chi connectivity index (χ0) is 28.8. The molecule has 3 aromatic carbocycles.